The maximum absolute atomic E-state index is 13.4. The second-order valence-electron chi connectivity index (χ2n) is 8.46. The first-order valence-corrected chi connectivity index (χ1v) is 9.73. The molecule has 8 heteroatoms. The van der Waals surface area contributed by atoms with Crippen LogP contribution in [0.3, 0.4) is 0 Å². The Morgan fingerprint density at radius 1 is 1.07 bits per heavy atom. The Labute approximate surface area is 174 Å². The molecule has 0 bridgehead atoms. The van der Waals surface area contributed by atoms with Gasteiger partial charge in [-0.15, -0.1) is 0 Å². The van der Waals surface area contributed by atoms with Gasteiger partial charge in [-0.05, 0) is 58.0 Å². The summed E-state index contributed by atoms with van der Waals surface area (Å²) >= 11 is 0. The van der Waals surface area contributed by atoms with Gasteiger partial charge in [-0.25, -0.2) is 4.39 Å². The molecule has 2 aromatic carbocycles. The summed E-state index contributed by atoms with van der Waals surface area (Å²) in [4.78, 5) is 12.7. The zero-order chi connectivity index (χ0) is 21.8. The molecular weight excluding hydrogens is 386 g/mol. The van der Waals surface area contributed by atoms with Gasteiger partial charge in [0.05, 0.1) is 16.8 Å². The van der Waals surface area contributed by atoms with Gasteiger partial charge in [0.25, 0.3) is 5.91 Å². The van der Waals surface area contributed by atoms with Crippen LogP contribution in [0.15, 0.2) is 40.8 Å². The number of anilines is 1. The average molecular weight is 410 g/mol. The summed E-state index contributed by atoms with van der Waals surface area (Å²) in [7, 11) is 0.864. The van der Waals surface area contributed by atoms with Gasteiger partial charge in [0, 0.05) is 35.2 Å². The molecule has 30 heavy (non-hydrogen) atoms. The summed E-state index contributed by atoms with van der Waals surface area (Å²) in [6.07, 6.45) is 0. The zero-order valence-corrected chi connectivity index (χ0v) is 17.6. The van der Waals surface area contributed by atoms with Crippen molar-refractivity contribution in [1.82, 2.24) is 5.32 Å². The van der Waals surface area contributed by atoms with Gasteiger partial charge in [0.1, 0.15) is 17.2 Å². The van der Waals surface area contributed by atoms with Crippen LogP contribution in [-0.4, -0.2) is 31.3 Å². The molecule has 1 fully saturated rings. The van der Waals surface area contributed by atoms with Crippen molar-refractivity contribution >= 4 is 35.1 Å². The highest BCUT2D eigenvalue weighted by Gasteiger charge is 2.52. The molecule has 0 aliphatic carbocycles. The Hall–Kier alpha value is -2.84. The highest BCUT2D eigenvalue weighted by Crippen LogP contribution is 2.38. The monoisotopic (exact) mass is 410 g/mol. The predicted octanol–water partition coefficient (Wildman–Crippen LogP) is 3.48. The second kappa shape index (κ2) is 6.85. The highest BCUT2D eigenvalue weighted by atomic mass is 19.1. The number of rotatable bonds is 3. The van der Waals surface area contributed by atoms with Crippen molar-refractivity contribution < 1.29 is 22.9 Å². The number of hydrogen-bond donors (Lipinski definition) is 2. The molecule has 2 heterocycles. The molecule has 156 valence electrons. The van der Waals surface area contributed by atoms with Gasteiger partial charge >= 0.3 is 7.12 Å². The van der Waals surface area contributed by atoms with Crippen molar-refractivity contribution in [3.63, 3.8) is 0 Å². The van der Waals surface area contributed by atoms with Gasteiger partial charge in [-0.1, -0.05) is 0 Å². The van der Waals surface area contributed by atoms with E-state index in [0.717, 1.165) is 0 Å². The van der Waals surface area contributed by atoms with E-state index < -0.39 is 18.3 Å². The van der Waals surface area contributed by atoms with Crippen LogP contribution in [0, 0.1) is 5.82 Å². The zero-order valence-electron chi connectivity index (χ0n) is 17.6. The lowest BCUT2D eigenvalue weighted by atomic mass is 9.77. The lowest BCUT2D eigenvalue weighted by molar-refractivity contribution is 0.00578. The van der Waals surface area contributed by atoms with E-state index in [1.807, 2.05) is 27.7 Å². The number of carbonyl (C=O) groups excluding carboxylic acids is 1. The van der Waals surface area contributed by atoms with Crippen LogP contribution in [0.1, 0.15) is 38.1 Å². The van der Waals surface area contributed by atoms with Gasteiger partial charge in [0.2, 0.25) is 0 Å². The average Bonchev–Trinajstić information content (AvgIpc) is 3.14. The molecule has 0 unspecified atom stereocenters. The largest absolute Gasteiger partial charge is 0.496 e. The maximum atomic E-state index is 13.4. The Morgan fingerprint density at radius 2 is 1.67 bits per heavy atom. The molecule has 0 atom stereocenters. The lowest BCUT2D eigenvalue weighted by Crippen LogP contribution is -2.41. The molecule has 6 nitrogen and oxygen atoms in total. The van der Waals surface area contributed by atoms with E-state index in [4.69, 9.17) is 19.5 Å². The van der Waals surface area contributed by atoms with E-state index >= 15 is 0 Å². The quantitative estimate of drug-likeness (QED) is 0.510. The van der Waals surface area contributed by atoms with Crippen LogP contribution in [0.25, 0.3) is 22.3 Å². The van der Waals surface area contributed by atoms with Crippen LogP contribution < -0.4 is 16.5 Å². The number of nitrogens with one attached hydrogen (secondary N) is 1. The van der Waals surface area contributed by atoms with E-state index in [9.17, 15) is 9.18 Å². The molecule has 1 aliphatic heterocycles. The second-order valence-corrected chi connectivity index (χ2v) is 8.46. The van der Waals surface area contributed by atoms with E-state index in [-0.39, 0.29) is 11.7 Å². The number of carbonyl (C=O) groups is 1. The molecule has 0 radical (unpaired) electrons. The Morgan fingerprint density at radius 3 is 2.23 bits per heavy atom. The lowest BCUT2D eigenvalue weighted by Gasteiger charge is -2.32. The smallest absolute Gasteiger partial charge is 0.455 e. The molecule has 4 rings (SSSR count). The van der Waals surface area contributed by atoms with Gasteiger partial charge < -0.3 is 24.8 Å². The van der Waals surface area contributed by atoms with Crippen LogP contribution in [0.4, 0.5) is 10.1 Å². The third-order valence-electron chi connectivity index (χ3n) is 5.96. The molecular formula is C22H24BFN2O4. The minimum atomic E-state index is -0.680. The molecule has 1 saturated heterocycles. The fourth-order valence-electron chi connectivity index (χ4n) is 3.50. The number of nitrogen functional groups attached to an aromatic ring is 1. The normalized spacial score (nSPS) is 17.5. The summed E-state index contributed by atoms with van der Waals surface area (Å²) < 4.78 is 31.6. The minimum absolute atomic E-state index is 0.322. The van der Waals surface area contributed by atoms with Crippen molar-refractivity contribution in [1.29, 1.82) is 0 Å². The third kappa shape index (κ3) is 3.16. The fraction of sp³-hybridized carbons (Fsp3) is 0.318. The van der Waals surface area contributed by atoms with E-state index in [1.165, 1.54) is 12.1 Å². The van der Waals surface area contributed by atoms with E-state index in [1.54, 1.807) is 31.3 Å². The Kier molecular flexibility index (Phi) is 4.67. The summed E-state index contributed by atoms with van der Waals surface area (Å²) in [6.45, 7) is 7.84. The van der Waals surface area contributed by atoms with Crippen LogP contribution in [0.5, 0.6) is 0 Å². The summed E-state index contributed by atoms with van der Waals surface area (Å²) in [5.74, 6) is -0.351. The molecule has 3 aromatic rings. The topological polar surface area (TPSA) is 86.7 Å². The van der Waals surface area contributed by atoms with Crippen molar-refractivity contribution in [2.45, 2.75) is 38.9 Å². The SMILES string of the molecule is CNC(=O)c1c(-c2ccc(F)cc2)oc2cc(N)c(B3OC(C)(C)C(C)(C)O3)cc12. The first kappa shape index (κ1) is 20.4. The van der Waals surface area contributed by atoms with Crippen LogP contribution in [-0.2, 0) is 9.31 Å². The number of benzene rings is 2. The Balaban J connectivity index is 1.90. The Bertz CT molecular complexity index is 1120. The molecule has 1 aliphatic rings. The van der Waals surface area contributed by atoms with Gasteiger partial charge in [-0.3, -0.25) is 4.79 Å². The predicted molar refractivity (Wildman–Crippen MR) is 115 cm³/mol. The van der Waals surface area contributed by atoms with E-state index in [2.05, 4.69) is 5.32 Å². The summed E-state index contributed by atoms with van der Waals surface area (Å²) in [5, 5.41) is 3.22. The number of nitrogens with two attached hydrogens (primary N) is 1. The molecule has 0 saturated carbocycles. The summed E-state index contributed by atoms with van der Waals surface area (Å²) in [6, 6.07) is 9.21. The highest BCUT2D eigenvalue weighted by molar-refractivity contribution is 6.64. The third-order valence-corrected chi connectivity index (χ3v) is 5.96. The summed E-state index contributed by atoms with van der Waals surface area (Å²) in [5.41, 5.74) is 7.68. The first-order valence-electron chi connectivity index (χ1n) is 9.73. The van der Waals surface area contributed by atoms with Crippen molar-refractivity contribution in [3.8, 4) is 11.3 Å². The van der Waals surface area contributed by atoms with E-state index in [0.29, 0.717) is 39.0 Å². The molecule has 3 N–H and O–H groups in total. The number of halogens is 1. The molecule has 1 amide bonds. The molecule has 0 spiro atoms. The number of amides is 1. The maximum Gasteiger partial charge on any atom is 0.496 e. The first-order chi connectivity index (χ1) is 14.0. The molecule has 1 aromatic heterocycles. The van der Waals surface area contributed by atoms with Gasteiger partial charge in [0.15, 0.2) is 0 Å². The van der Waals surface area contributed by atoms with Crippen LogP contribution >= 0.6 is 0 Å². The minimum Gasteiger partial charge on any atom is -0.455 e. The van der Waals surface area contributed by atoms with Gasteiger partial charge in [-0.2, -0.15) is 0 Å². The van der Waals surface area contributed by atoms with Crippen molar-refractivity contribution in [2.24, 2.45) is 0 Å². The van der Waals surface area contributed by atoms with Crippen molar-refractivity contribution in [3.05, 3.63) is 47.8 Å². The number of furan rings is 1. The number of hydrogen-bond acceptors (Lipinski definition) is 5. The standard InChI is InChI=1S/C22H24BFN2O4/c1-21(2)22(3,4)30-23(29-21)15-10-14-17(11-16(15)25)28-19(18(14)20(27)26-5)12-6-8-13(24)9-7-12/h6-11H,25H2,1-5H3,(H,26,27). The number of fused-ring (bicyclic) bond motifs is 1. The fourth-order valence-corrected chi connectivity index (χ4v) is 3.50. The van der Waals surface area contributed by atoms with Crippen LogP contribution in [0.2, 0.25) is 0 Å². The van der Waals surface area contributed by atoms with Crippen molar-refractivity contribution in [2.75, 3.05) is 12.8 Å².